The van der Waals surface area contributed by atoms with Gasteiger partial charge in [-0.15, -0.1) is 0 Å². The summed E-state index contributed by atoms with van der Waals surface area (Å²) in [5.74, 6) is 8.00. The van der Waals surface area contributed by atoms with E-state index in [0.29, 0.717) is 0 Å². The fourth-order valence-corrected chi connectivity index (χ4v) is 1.98. The Kier molecular flexibility index (Phi) is 10.5. The predicted octanol–water partition coefficient (Wildman–Crippen LogP) is -3.16. The molecule has 6 nitrogen and oxygen atoms in total. The van der Waals surface area contributed by atoms with Crippen LogP contribution in [0.3, 0.4) is 0 Å². The second-order valence-corrected chi connectivity index (χ2v) is 5.22. The van der Waals surface area contributed by atoms with Gasteiger partial charge in [-0.2, -0.15) is 0 Å². The first-order chi connectivity index (χ1) is 6.99. The Bertz CT molecular complexity index is 410. The molecule has 0 saturated heterocycles. The van der Waals surface area contributed by atoms with Gasteiger partial charge in [-0.1, -0.05) is 30.3 Å². The maximum absolute atomic E-state index is 11.0. The van der Waals surface area contributed by atoms with Crippen LogP contribution >= 0.6 is 10.8 Å². The van der Waals surface area contributed by atoms with E-state index in [1.165, 1.54) is 12.1 Å². The second kappa shape index (κ2) is 9.14. The van der Waals surface area contributed by atoms with Gasteiger partial charge in [0.2, 0.25) is 5.12 Å². The van der Waals surface area contributed by atoms with Crippen molar-refractivity contribution in [2.24, 2.45) is 11.7 Å². The van der Waals surface area contributed by atoms with Crippen molar-refractivity contribution in [3.05, 3.63) is 35.9 Å². The molecule has 1 rings (SSSR count). The van der Waals surface area contributed by atoms with Crippen LogP contribution in [0.4, 0.5) is 0 Å². The monoisotopic (exact) mass is 272 g/mol. The average molecular weight is 272 g/mol. The minimum Gasteiger partial charge on any atom is -0.739 e. The van der Waals surface area contributed by atoms with E-state index >= 15 is 0 Å². The Hall–Kier alpha value is 0.0700. The van der Waals surface area contributed by atoms with Crippen LogP contribution in [-0.2, 0) is 9.15 Å². The van der Waals surface area contributed by atoms with Crippen LogP contribution < -0.4 is 41.2 Å². The van der Waals surface area contributed by atoms with Crippen molar-refractivity contribution in [3.8, 4) is 0 Å². The summed E-state index contributed by atoms with van der Waals surface area (Å²) in [6, 6.07) is 7.75. The molecule has 0 bridgehead atoms. The fraction of sp³-hybridized carbons (Fsp3) is 0. The minimum atomic E-state index is -4.55. The van der Waals surface area contributed by atoms with Gasteiger partial charge in [0.05, 0.1) is 0 Å². The van der Waals surface area contributed by atoms with Crippen molar-refractivity contribution in [1.29, 1.82) is 0 Å². The number of benzene rings is 1. The summed E-state index contributed by atoms with van der Waals surface area (Å²) in [6.45, 7) is 0. The third-order valence-corrected chi connectivity index (χ3v) is 2.84. The van der Waals surface area contributed by atoms with Crippen LogP contribution in [-0.4, -0.2) is 18.1 Å². The van der Waals surface area contributed by atoms with Crippen LogP contribution in [0.1, 0.15) is 10.4 Å². The van der Waals surface area contributed by atoms with E-state index in [-0.39, 0.29) is 45.9 Å². The van der Waals surface area contributed by atoms with Gasteiger partial charge in [0.25, 0.3) is 0 Å². The van der Waals surface area contributed by atoms with Crippen molar-refractivity contribution in [2.45, 2.75) is 0 Å². The third kappa shape index (κ3) is 8.25. The molecule has 84 valence electrons. The van der Waals surface area contributed by atoms with Crippen LogP contribution in [0, 0.1) is 0 Å². The molecule has 0 aromatic heterocycles. The molecule has 1 aromatic rings. The zero-order valence-electron chi connectivity index (χ0n) is 8.49. The Morgan fingerprint density at radius 1 is 1.19 bits per heavy atom. The topological polar surface area (TPSA) is 126 Å². The molecule has 0 spiro atoms. The Balaban J connectivity index is 0. The summed E-state index contributed by atoms with van der Waals surface area (Å²) in [5.41, 5.74) is 0.201. The standard InChI is InChI=1S/C7H6O4S2.H4N2.Na/c8-7(12-13(9,10)11)6-4-2-1-3-5-6;1-2;/h1-5H,(H,9,10,11);1-2H2;/q;;+1/p-1. The smallest absolute Gasteiger partial charge is 0.739 e. The second-order valence-electron chi connectivity index (χ2n) is 2.15. The van der Waals surface area contributed by atoms with Gasteiger partial charge in [-0.3, -0.25) is 16.5 Å². The van der Waals surface area contributed by atoms with E-state index in [1.54, 1.807) is 18.2 Å². The van der Waals surface area contributed by atoms with E-state index < -0.39 is 14.3 Å². The van der Waals surface area contributed by atoms with Crippen molar-refractivity contribution in [3.63, 3.8) is 0 Å². The van der Waals surface area contributed by atoms with Crippen molar-refractivity contribution in [2.75, 3.05) is 0 Å². The van der Waals surface area contributed by atoms with E-state index in [4.69, 9.17) is 0 Å². The van der Waals surface area contributed by atoms with Gasteiger partial charge in [0, 0.05) is 16.4 Å². The quantitative estimate of drug-likeness (QED) is 0.191. The molecule has 0 aliphatic rings. The van der Waals surface area contributed by atoms with Crippen molar-refractivity contribution >= 4 is 25.1 Å². The molecule has 0 heterocycles. The molecule has 0 radical (unpaired) electrons. The van der Waals surface area contributed by atoms with E-state index in [0.717, 1.165) is 0 Å². The number of rotatable bonds is 2. The van der Waals surface area contributed by atoms with Gasteiger partial charge in [0.1, 0.15) is 0 Å². The van der Waals surface area contributed by atoms with Crippen molar-refractivity contribution in [1.82, 2.24) is 0 Å². The fourth-order valence-electron chi connectivity index (χ4n) is 0.715. The molecule has 1 aromatic carbocycles. The molecule has 0 saturated carbocycles. The van der Waals surface area contributed by atoms with Crippen molar-refractivity contribution < 1.29 is 47.3 Å². The van der Waals surface area contributed by atoms with Gasteiger partial charge in [0.15, 0.2) is 9.15 Å². The summed E-state index contributed by atoms with van der Waals surface area (Å²) in [4.78, 5) is 11.0. The molecule has 0 fully saturated rings. The zero-order valence-corrected chi connectivity index (χ0v) is 12.1. The van der Waals surface area contributed by atoms with E-state index in [1.807, 2.05) is 0 Å². The minimum absolute atomic E-state index is 0. The molecular weight excluding hydrogens is 263 g/mol. The molecule has 0 unspecified atom stereocenters. The maximum atomic E-state index is 11.0. The Morgan fingerprint density at radius 2 is 1.62 bits per heavy atom. The van der Waals surface area contributed by atoms with Crippen LogP contribution in [0.5, 0.6) is 0 Å². The maximum Gasteiger partial charge on any atom is 1.00 e. The number of hydrogen-bond donors (Lipinski definition) is 2. The zero-order chi connectivity index (χ0) is 11.9. The van der Waals surface area contributed by atoms with Crippen LogP contribution in [0.15, 0.2) is 30.3 Å². The molecule has 0 aliphatic heterocycles. The third-order valence-electron chi connectivity index (χ3n) is 1.19. The van der Waals surface area contributed by atoms with Crippen LogP contribution in [0.2, 0.25) is 0 Å². The molecule has 0 amide bonds. The molecule has 4 N–H and O–H groups in total. The average Bonchev–Trinajstić information content (AvgIpc) is 2.20. The van der Waals surface area contributed by atoms with Gasteiger partial charge < -0.3 is 4.55 Å². The molecule has 9 heteroatoms. The Labute approximate surface area is 119 Å². The SMILES string of the molecule is NN.O=C(SS(=O)(=O)[O-])c1ccccc1.[Na+]. The summed E-state index contributed by atoms with van der Waals surface area (Å²) in [5, 5.41) is -0.754. The van der Waals surface area contributed by atoms with Gasteiger partial charge >= 0.3 is 29.6 Å². The first-order valence-corrected chi connectivity index (χ1v) is 6.31. The van der Waals surface area contributed by atoms with Gasteiger partial charge in [-0.25, -0.2) is 8.42 Å². The van der Waals surface area contributed by atoms with E-state index in [2.05, 4.69) is 11.7 Å². The molecular formula is C7H9N2NaO4S2. The number of hydrazine groups is 1. The molecule has 16 heavy (non-hydrogen) atoms. The number of nitrogens with two attached hydrogens (primary N) is 2. The summed E-state index contributed by atoms with van der Waals surface area (Å²) in [6.07, 6.45) is 0. The van der Waals surface area contributed by atoms with Crippen LogP contribution in [0.25, 0.3) is 0 Å². The number of carbonyl (C=O) groups is 1. The first-order valence-electron chi connectivity index (χ1n) is 3.57. The van der Waals surface area contributed by atoms with Gasteiger partial charge in [-0.05, 0) is 0 Å². The largest absolute Gasteiger partial charge is 1.00 e. The summed E-state index contributed by atoms with van der Waals surface area (Å²) >= 11 is 0. The number of hydrogen-bond acceptors (Lipinski definition) is 7. The molecule has 0 atom stereocenters. The predicted molar refractivity (Wildman–Crippen MR) is 56.4 cm³/mol. The Morgan fingerprint density at radius 3 is 2.00 bits per heavy atom. The summed E-state index contributed by atoms with van der Waals surface area (Å²) in [7, 11) is -4.77. The molecule has 0 aliphatic carbocycles. The summed E-state index contributed by atoms with van der Waals surface area (Å²) < 4.78 is 30.6. The normalized spacial score (nSPS) is 9.44. The first kappa shape index (κ1) is 18.4. The number of carbonyl (C=O) groups excluding carboxylic acids is 1. The van der Waals surface area contributed by atoms with E-state index in [9.17, 15) is 17.8 Å².